The quantitative estimate of drug-likeness (QED) is 0.495. The van der Waals surface area contributed by atoms with E-state index < -0.39 is 0 Å². The molecule has 0 fully saturated rings. The molecule has 0 saturated carbocycles. The molecule has 1 radical (unpaired) electrons. The predicted octanol–water partition coefficient (Wildman–Crippen LogP) is 2.65. The summed E-state index contributed by atoms with van der Waals surface area (Å²) in [6.07, 6.45) is 4.22. The Kier molecular flexibility index (Phi) is 5.41. The van der Waals surface area contributed by atoms with E-state index in [-0.39, 0.29) is 0 Å². The molecule has 0 aromatic heterocycles. The van der Waals surface area contributed by atoms with Gasteiger partial charge >= 0.3 is 0 Å². The van der Waals surface area contributed by atoms with Crippen LogP contribution in [0.4, 0.5) is 0 Å². The van der Waals surface area contributed by atoms with Gasteiger partial charge in [0.25, 0.3) is 0 Å². The van der Waals surface area contributed by atoms with Crippen LogP contribution in [0.5, 0.6) is 0 Å². The van der Waals surface area contributed by atoms with E-state index in [9.17, 15) is 0 Å². The Bertz CT molecular complexity index is 103. The van der Waals surface area contributed by atoms with Crippen molar-refractivity contribution in [1.82, 2.24) is 0 Å². The molecule has 0 rings (SSSR count). The number of hydrogen-bond donors (Lipinski definition) is 0. The maximum Gasteiger partial charge on any atom is 0.0337 e. The van der Waals surface area contributed by atoms with E-state index in [1.54, 1.807) is 0 Å². The second-order valence-electron chi connectivity index (χ2n) is 2.21. The smallest absolute Gasteiger partial charge is 0.0337 e. The summed E-state index contributed by atoms with van der Waals surface area (Å²) in [7, 11) is 0. The van der Waals surface area contributed by atoms with Crippen molar-refractivity contribution in [2.75, 3.05) is 0 Å². The van der Waals surface area contributed by atoms with Gasteiger partial charge in [0, 0.05) is 12.3 Å². The van der Waals surface area contributed by atoms with Crippen LogP contribution in [-0.2, 0) is 0 Å². The predicted molar refractivity (Wildman–Crippen MR) is 41.8 cm³/mol. The fraction of sp³-hybridized carbons (Fsp3) is 0.667. The normalized spacial score (nSPS) is 11.9. The van der Waals surface area contributed by atoms with Crippen LogP contribution in [0.15, 0.2) is 0 Å². The molecule has 0 aliphatic rings. The van der Waals surface area contributed by atoms with Crippen LogP contribution in [0, 0.1) is 24.2 Å². The van der Waals surface area contributed by atoms with Gasteiger partial charge in [-0.2, -0.15) is 0 Å². The lowest BCUT2D eigenvalue weighted by atomic mass is 10.1. The summed E-state index contributed by atoms with van der Waals surface area (Å²) in [6, 6.07) is 0. The molecule has 0 heteroatoms. The fourth-order valence-corrected chi connectivity index (χ4v) is 0.405. The average Bonchev–Trinajstić information content (AvgIpc) is 1.89. The number of unbranched alkanes of at least 4 members (excludes halogenated alkanes) is 1. The highest BCUT2D eigenvalue weighted by Gasteiger charge is 1.87. The van der Waals surface area contributed by atoms with Gasteiger partial charge in [-0.3, -0.25) is 0 Å². The third-order valence-corrected chi connectivity index (χ3v) is 1.25. The topological polar surface area (TPSA) is 0 Å². The number of hydrogen-bond acceptors (Lipinski definition) is 0. The third kappa shape index (κ3) is 5.43. The van der Waals surface area contributed by atoms with E-state index in [4.69, 9.17) is 0 Å². The molecule has 0 heterocycles. The molecule has 1 unspecified atom stereocenters. The second-order valence-corrected chi connectivity index (χ2v) is 2.21. The molecule has 0 aliphatic carbocycles. The van der Waals surface area contributed by atoms with Gasteiger partial charge in [-0.1, -0.05) is 32.6 Å². The molecule has 0 nitrogen and oxygen atoms in total. The lowest BCUT2D eigenvalue weighted by Crippen LogP contribution is -1.84. The van der Waals surface area contributed by atoms with Gasteiger partial charge in [0.05, 0.1) is 0 Å². The summed E-state index contributed by atoms with van der Waals surface area (Å²) in [4.78, 5) is 0. The molecule has 0 amide bonds. The first-order valence-electron chi connectivity index (χ1n) is 3.64. The van der Waals surface area contributed by atoms with Crippen molar-refractivity contribution in [1.29, 1.82) is 0 Å². The van der Waals surface area contributed by atoms with Crippen LogP contribution in [0.25, 0.3) is 0 Å². The first kappa shape index (κ1) is 8.56. The molecule has 0 N–H and O–H groups in total. The van der Waals surface area contributed by atoms with Crippen molar-refractivity contribution in [2.24, 2.45) is 5.92 Å². The van der Waals surface area contributed by atoms with Gasteiger partial charge < -0.3 is 0 Å². The highest BCUT2D eigenvalue weighted by molar-refractivity contribution is 5.10. The second kappa shape index (κ2) is 5.69. The Hall–Kier alpha value is -0.440. The van der Waals surface area contributed by atoms with Crippen molar-refractivity contribution in [2.45, 2.75) is 33.6 Å². The van der Waals surface area contributed by atoms with E-state index in [2.05, 4.69) is 32.6 Å². The van der Waals surface area contributed by atoms with E-state index in [0.717, 1.165) is 12.8 Å². The first-order valence-corrected chi connectivity index (χ1v) is 3.64. The van der Waals surface area contributed by atoms with Crippen molar-refractivity contribution in [3.63, 3.8) is 0 Å². The SMILES string of the molecule is CC[CH]C#CC(C)CC. The summed E-state index contributed by atoms with van der Waals surface area (Å²) in [5.74, 6) is 6.70. The zero-order valence-electron chi connectivity index (χ0n) is 6.57. The van der Waals surface area contributed by atoms with E-state index in [0.29, 0.717) is 5.92 Å². The minimum atomic E-state index is 0.563. The Balaban J connectivity index is 3.33. The Morgan fingerprint density at radius 3 is 2.56 bits per heavy atom. The summed E-state index contributed by atoms with van der Waals surface area (Å²) >= 11 is 0. The van der Waals surface area contributed by atoms with E-state index in [1.165, 1.54) is 0 Å². The zero-order valence-corrected chi connectivity index (χ0v) is 6.57. The molecule has 1 atom stereocenters. The maximum atomic E-state index is 3.13. The van der Waals surface area contributed by atoms with Crippen molar-refractivity contribution in [3.05, 3.63) is 6.42 Å². The maximum absolute atomic E-state index is 3.13. The molecule has 0 aromatic carbocycles. The van der Waals surface area contributed by atoms with Crippen LogP contribution in [0.2, 0.25) is 0 Å². The standard InChI is InChI=1S/C9H15/c1-4-6-7-8-9(3)5-2/h6,9H,4-5H2,1-3H3. The van der Waals surface area contributed by atoms with Crippen LogP contribution in [0.1, 0.15) is 33.6 Å². The molecule has 0 spiro atoms. The number of rotatable bonds is 2. The molecule has 0 bridgehead atoms. The Morgan fingerprint density at radius 1 is 1.44 bits per heavy atom. The Morgan fingerprint density at radius 2 is 2.11 bits per heavy atom. The van der Waals surface area contributed by atoms with Gasteiger partial charge in [0.1, 0.15) is 0 Å². The molecular formula is C9H15. The van der Waals surface area contributed by atoms with Crippen molar-refractivity contribution < 1.29 is 0 Å². The lowest BCUT2D eigenvalue weighted by molar-refractivity contribution is 0.723. The summed E-state index contributed by atoms with van der Waals surface area (Å²) in [5, 5.41) is 0. The van der Waals surface area contributed by atoms with Crippen LogP contribution in [0.3, 0.4) is 0 Å². The van der Waals surface area contributed by atoms with E-state index in [1.807, 2.05) is 6.42 Å². The van der Waals surface area contributed by atoms with Gasteiger partial charge in [-0.05, 0) is 12.8 Å². The van der Waals surface area contributed by atoms with Crippen LogP contribution >= 0.6 is 0 Å². The summed E-state index contributed by atoms with van der Waals surface area (Å²) in [5.41, 5.74) is 0. The first-order chi connectivity index (χ1) is 4.31. The summed E-state index contributed by atoms with van der Waals surface area (Å²) < 4.78 is 0. The molecule has 0 aromatic rings. The highest BCUT2D eigenvalue weighted by Crippen LogP contribution is 1.96. The Labute approximate surface area is 58.7 Å². The van der Waals surface area contributed by atoms with Crippen molar-refractivity contribution in [3.8, 4) is 11.8 Å². The zero-order chi connectivity index (χ0) is 7.11. The van der Waals surface area contributed by atoms with Gasteiger partial charge in [0.15, 0.2) is 0 Å². The fourth-order valence-electron chi connectivity index (χ4n) is 0.405. The lowest BCUT2D eigenvalue weighted by Gasteiger charge is -1.93. The largest absolute Gasteiger partial charge is 0.0999 e. The van der Waals surface area contributed by atoms with Gasteiger partial charge in [0.2, 0.25) is 0 Å². The monoisotopic (exact) mass is 123 g/mol. The van der Waals surface area contributed by atoms with Gasteiger partial charge in [-0.25, -0.2) is 0 Å². The minimum absolute atomic E-state index is 0.563. The highest BCUT2D eigenvalue weighted by atomic mass is 13.9. The summed E-state index contributed by atoms with van der Waals surface area (Å²) in [6.45, 7) is 6.41. The van der Waals surface area contributed by atoms with Crippen molar-refractivity contribution >= 4 is 0 Å². The molecular weight excluding hydrogens is 108 g/mol. The molecule has 9 heavy (non-hydrogen) atoms. The molecule has 0 saturated heterocycles. The molecule has 0 aliphatic heterocycles. The average molecular weight is 123 g/mol. The van der Waals surface area contributed by atoms with Crippen LogP contribution in [-0.4, -0.2) is 0 Å². The molecule has 51 valence electrons. The van der Waals surface area contributed by atoms with E-state index >= 15 is 0 Å². The van der Waals surface area contributed by atoms with Crippen LogP contribution < -0.4 is 0 Å². The minimum Gasteiger partial charge on any atom is -0.0999 e. The third-order valence-electron chi connectivity index (χ3n) is 1.25. The van der Waals surface area contributed by atoms with Gasteiger partial charge in [-0.15, -0.1) is 0 Å².